The van der Waals surface area contributed by atoms with E-state index >= 15 is 0 Å². The first kappa shape index (κ1) is 19.0. The fraction of sp³-hybridized carbons (Fsp3) is 1.00. The van der Waals surface area contributed by atoms with Crippen molar-refractivity contribution in [3.8, 4) is 0 Å². The highest BCUT2D eigenvalue weighted by atomic mass is 16.5. The molecule has 1 rings (SSSR count). The van der Waals surface area contributed by atoms with Crippen molar-refractivity contribution in [1.82, 2.24) is 5.32 Å². The lowest BCUT2D eigenvalue weighted by atomic mass is 9.74. The van der Waals surface area contributed by atoms with Crippen LogP contribution >= 0.6 is 0 Å². The van der Waals surface area contributed by atoms with Gasteiger partial charge in [-0.15, -0.1) is 0 Å². The van der Waals surface area contributed by atoms with Crippen LogP contribution in [0, 0.1) is 5.92 Å². The molecule has 0 saturated heterocycles. The molecule has 0 aromatic rings. The van der Waals surface area contributed by atoms with E-state index in [0.29, 0.717) is 6.04 Å². The summed E-state index contributed by atoms with van der Waals surface area (Å²) in [6.07, 6.45) is 16.1. The number of methoxy groups -OCH3 is 1. The third-order valence-electron chi connectivity index (χ3n) is 5.61. The molecule has 1 aliphatic rings. The molecule has 21 heavy (non-hydrogen) atoms. The first-order valence-corrected chi connectivity index (χ1v) is 9.41. The van der Waals surface area contributed by atoms with E-state index in [4.69, 9.17) is 4.74 Å². The highest BCUT2D eigenvalue weighted by Gasteiger charge is 2.40. The molecule has 1 N–H and O–H groups in total. The summed E-state index contributed by atoms with van der Waals surface area (Å²) in [5.74, 6) is 0.879. The summed E-state index contributed by atoms with van der Waals surface area (Å²) in [5.41, 5.74) is 0.101. The molecule has 126 valence electrons. The molecule has 1 unspecified atom stereocenters. The van der Waals surface area contributed by atoms with Crippen molar-refractivity contribution in [3.05, 3.63) is 0 Å². The van der Waals surface area contributed by atoms with Gasteiger partial charge < -0.3 is 10.1 Å². The molecule has 0 bridgehead atoms. The predicted octanol–water partition coefficient (Wildman–Crippen LogP) is 5.31. The summed E-state index contributed by atoms with van der Waals surface area (Å²) in [4.78, 5) is 0. The zero-order chi connectivity index (χ0) is 15.6. The van der Waals surface area contributed by atoms with Gasteiger partial charge in [-0.2, -0.15) is 0 Å². The minimum atomic E-state index is 0.101. The highest BCUT2D eigenvalue weighted by molar-refractivity contribution is 4.95. The van der Waals surface area contributed by atoms with Crippen LogP contribution in [0.1, 0.15) is 90.9 Å². The second-order valence-corrected chi connectivity index (χ2v) is 7.20. The first-order chi connectivity index (χ1) is 10.2. The Balaban J connectivity index is 2.29. The Bertz CT molecular complexity index is 246. The fourth-order valence-corrected chi connectivity index (χ4v) is 3.92. The van der Waals surface area contributed by atoms with Gasteiger partial charge in [-0.05, 0) is 45.1 Å². The summed E-state index contributed by atoms with van der Waals surface area (Å²) in [6.45, 7) is 4.66. The lowest BCUT2D eigenvalue weighted by Gasteiger charge is -2.44. The van der Waals surface area contributed by atoms with Crippen LogP contribution in [-0.2, 0) is 4.74 Å². The normalized spacial score (nSPS) is 27.7. The third-order valence-corrected chi connectivity index (χ3v) is 5.61. The van der Waals surface area contributed by atoms with Crippen LogP contribution in [0.5, 0.6) is 0 Å². The topological polar surface area (TPSA) is 21.3 Å². The Morgan fingerprint density at radius 3 is 2.14 bits per heavy atom. The average molecular weight is 298 g/mol. The van der Waals surface area contributed by atoms with Crippen molar-refractivity contribution in [2.75, 3.05) is 14.2 Å². The van der Waals surface area contributed by atoms with E-state index in [1.165, 1.54) is 77.0 Å². The highest BCUT2D eigenvalue weighted by Crippen LogP contribution is 2.38. The van der Waals surface area contributed by atoms with Gasteiger partial charge in [0.2, 0.25) is 0 Å². The van der Waals surface area contributed by atoms with Crippen LogP contribution in [0.2, 0.25) is 0 Å². The molecule has 0 amide bonds. The summed E-state index contributed by atoms with van der Waals surface area (Å²) < 4.78 is 6.03. The molecule has 0 aromatic heterocycles. The van der Waals surface area contributed by atoms with Crippen LogP contribution in [-0.4, -0.2) is 25.8 Å². The maximum atomic E-state index is 6.03. The Labute approximate surface area is 133 Å². The van der Waals surface area contributed by atoms with Gasteiger partial charge in [0, 0.05) is 13.2 Å². The van der Waals surface area contributed by atoms with Crippen molar-refractivity contribution in [1.29, 1.82) is 0 Å². The summed E-state index contributed by atoms with van der Waals surface area (Å²) in [6, 6.07) is 0.533. The van der Waals surface area contributed by atoms with E-state index in [0.717, 1.165) is 5.92 Å². The molecular weight excluding hydrogens is 258 g/mol. The lowest BCUT2D eigenvalue weighted by Crippen LogP contribution is -2.52. The second kappa shape index (κ2) is 10.6. The largest absolute Gasteiger partial charge is 0.377 e. The molecule has 0 aromatic carbocycles. The van der Waals surface area contributed by atoms with Crippen molar-refractivity contribution in [2.24, 2.45) is 5.92 Å². The van der Waals surface area contributed by atoms with Crippen molar-refractivity contribution in [2.45, 2.75) is 103 Å². The first-order valence-electron chi connectivity index (χ1n) is 9.41. The zero-order valence-corrected chi connectivity index (χ0v) is 15.0. The van der Waals surface area contributed by atoms with Crippen LogP contribution in [0.3, 0.4) is 0 Å². The number of ether oxygens (including phenoxy) is 1. The Morgan fingerprint density at radius 1 is 1.05 bits per heavy atom. The number of likely N-dealkylation sites (N-methyl/N-ethyl adjacent to an activating group) is 1. The molecule has 0 spiro atoms. The van der Waals surface area contributed by atoms with Gasteiger partial charge >= 0.3 is 0 Å². The lowest BCUT2D eigenvalue weighted by molar-refractivity contribution is -0.0753. The summed E-state index contributed by atoms with van der Waals surface area (Å²) >= 11 is 0. The molecule has 2 nitrogen and oxygen atoms in total. The minimum Gasteiger partial charge on any atom is -0.377 e. The zero-order valence-electron chi connectivity index (χ0n) is 15.0. The Kier molecular flexibility index (Phi) is 9.59. The van der Waals surface area contributed by atoms with Crippen LogP contribution < -0.4 is 5.32 Å². The predicted molar refractivity (Wildman–Crippen MR) is 92.8 cm³/mol. The summed E-state index contributed by atoms with van der Waals surface area (Å²) in [5, 5.41) is 3.56. The molecule has 0 aliphatic heterocycles. The number of unbranched alkanes of at least 4 members (excludes halogenated alkanes) is 6. The van der Waals surface area contributed by atoms with E-state index in [9.17, 15) is 0 Å². The molecule has 1 fully saturated rings. The molecule has 1 saturated carbocycles. The average Bonchev–Trinajstić information content (AvgIpc) is 2.52. The minimum absolute atomic E-state index is 0.101. The van der Waals surface area contributed by atoms with E-state index in [-0.39, 0.29) is 5.60 Å². The van der Waals surface area contributed by atoms with E-state index in [2.05, 4.69) is 26.2 Å². The number of nitrogens with one attached hydrogen (secondary N) is 1. The van der Waals surface area contributed by atoms with Crippen molar-refractivity contribution >= 4 is 0 Å². The second-order valence-electron chi connectivity index (χ2n) is 7.20. The van der Waals surface area contributed by atoms with Gasteiger partial charge in [0.15, 0.2) is 0 Å². The van der Waals surface area contributed by atoms with E-state index in [1.807, 2.05) is 7.11 Å². The molecular formula is C19H39NO. The molecule has 0 heterocycles. The van der Waals surface area contributed by atoms with Crippen molar-refractivity contribution < 1.29 is 4.74 Å². The molecule has 1 aliphatic carbocycles. The molecule has 0 radical (unpaired) electrons. The molecule has 1 atom stereocenters. The number of hydrogen-bond acceptors (Lipinski definition) is 2. The number of rotatable bonds is 11. The van der Waals surface area contributed by atoms with Gasteiger partial charge in [0.1, 0.15) is 0 Å². The van der Waals surface area contributed by atoms with Gasteiger partial charge in [-0.1, -0.05) is 58.8 Å². The maximum absolute atomic E-state index is 6.03. The van der Waals surface area contributed by atoms with Crippen LogP contribution in [0.4, 0.5) is 0 Å². The van der Waals surface area contributed by atoms with Gasteiger partial charge in [0.05, 0.1) is 5.60 Å². The smallest absolute Gasteiger partial charge is 0.0831 e. The van der Waals surface area contributed by atoms with Gasteiger partial charge in [-0.3, -0.25) is 0 Å². The van der Waals surface area contributed by atoms with Crippen LogP contribution in [0.15, 0.2) is 0 Å². The third kappa shape index (κ3) is 6.28. The van der Waals surface area contributed by atoms with Gasteiger partial charge in [0.25, 0.3) is 0 Å². The molecule has 2 heteroatoms. The Morgan fingerprint density at radius 2 is 1.62 bits per heavy atom. The van der Waals surface area contributed by atoms with E-state index in [1.54, 1.807) is 0 Å². The van der Waals surface area contributed by atoms with Crippen LogP contribution in [0.25, 0.3) is 0 Å². The van der Waals surface area contributed by atoms with Crippen molar-refractivity contribution in [3.63, 3.8) is 0 Å². The van der Waals surface area contributed by atoms with E-state index < -0.39 is 0 Å². The SMILES string of the molecule is CCCCCCCCCC(NC)C1(OC)CCC(C)CC1. The quantitative estimate of drug-likeness (QED) is 0.522. The summed E-state index contributed by atoms with van der Waals surface area (Å²) in [7, 11) is 4.04. The maximum Gasteiger partial charge on any atom is 0.0831 e. The van der Waals surface area contributed by atoms with Gasteiger partial charge in [-0.25, -0.2) is 0 Å². The Hall–Kier alpha value is -0.0800. The fourth-order valence-electron chi connectivity index (χ4n) is 3.92. The standard InChI is InChI=1S/C19H39NO/c1-5-6-7-8-9-10-11-12-18(20-3)19(21-4)15-13-17(2)14-16-19/h17-18,20H,5-16H2,1-4H3. The monoisotopic (exact) mass is 297 g/mol. The number of hydrogen-bond donors (Lipinski definition) is 1.